The Kier molecular flexibility index (Phi) is 6.68. The van der Waals surface area contributed by atoms with Gasteiger partial charge in [0.1, 0.15) is 0 Å². The molecule has 1 unspecified atom stereocenters. The van der Waals surface area contributed by atoms with E-state index < -0.39 is 11.7 Å². The van der Waals surface area contributed by atoms with Crippen molar-refractivity contribution in [2.24, 2.45) is 0 Å². The Hall–Kier alpha value is -1.27. The first-order valence-corrected chi connectivity index (χ1v) is 7.02. The van der Waals surface area contributed by atoms with Gasteiger partial charge >= 0.3 is 6.18 Å². The average molecular weight is 337 g/mol. The van der Waals surface area contributed by atoms with Crippen LogP contribution in [-0.2, 0) is 17.5 Å². The SMILES string of the molecule is CN(Cc1cccc(C(F)(F)F)c1)C(=O)C1CCCCN1.Cl. The highest BCUT2D eigenvalue weighted by Crippen LogP contribution is 2.29. The summed E-state index contributed by atoms with van der Waals surface area (Å²) in [7, 11) is 1.62. The van der Waals surface area contributed by atoms with E-state index in [2.05, 4.69) is 5.32 Å². The van der Waals surface area contributed by atoms with Gasteiger partial charge in [0.05, 0.1) is 11.6 Å². The lowest BCUT2D eigenvalue weighted by Gasteiger charge is -2.27. The number of carbonyl (C=O) groups excluding carboxylic acids is 1. The number of carbonyl (C=O) groups is 1. The van der Waals surface area contributed by atoms with Crippen LogP contribution in [-0.4, -0.2) is 30.4 Å². The zero-order chi connectivity index (χ0) is 15.5. The van der Waals surface area contributed by atoms with Crippen LogP contribution < -0.4 is 5.32 Å². The van der Waals surface area contributed by atoms with E-state index in [4.69, 9.17) is 0 Å². The second kappa shape index (κ2) is 7.83. The fourth-order valence-electron chi connectivity index (χ4n) is 2.53. The average Bonchev–Trinajstić information content (AvgIpc) is 2.47. The third kappa shape index (κ3) is 4.88. The number of amides is 1. The Labute approximate surface area is 134 Å². The second-order valence-electron chi connectivity index (χ2n) is 5.39. The smallest absolute Gasteiger partial charge is 0.340 e. The molecule has 0 bridgehead atoms. The highest BCUT2D eigenvalue weighted by molar-refractivity contribution is 5.85. The summed E-state index contributed by atoms with van der Waals surface area (Å²) in [5, 5.41) is 3.15. The van der Waals surface area contributed by atoms with Crippen LogP contribution in [0, 0.1) is 0 Å². The lowest BCUT2D eigenvalue weighted by Crippen LogP contribution is -2.47. The van der Waals surface area contributed by atoms with Gasteiger partial charge in [-0.15, -0.1) is 12.4 Å². The van der Waals surface area contributed by atoms with Crippen LogP contribution in [0.3, 0.4) is 0 Å². The Morgan fingerprint density at radius 1 is 1.36 bits per heavy atom. The largest absolute Gasteiger partial charge is 0.416 e. The molecule has 0 aromatic heterocycles. The summed E-state index contributed by atoms with van der Waals surface area (Å²) in [4.78, 5) is 13.7. The van der Waals surface area contributed by atoms with Gasteiger partial charge in [0.15, 0.2) is 0 Å². The van der Waals surface area contributed by atoms with Crippen molar-refractivity contribution in [3.05, 3.63) is 35.4 Å². The van der Waals surface area contributed by atoms with Crippen molar-refractivity contribution in [2.75, 3.05) is 13.6 Å². The molecule has 1 fully saturated rings. The molecule has 2 rings (SSSR count). The van der Waals surface area contributed by atoms with E-state index in [1.54, 1.807) is 13.1 Å². The maximum Gasteiger partial charge on any atom is 0.416 e. The van der Waals surface area contributed by atoms with Crippen molar-refractivity contribution in [1.82, 2.24) is 10.2 Å². The van der Waals surface area contributed by atoms with Crippen molar-refractivity contribution >= 4 is 18.3 Å². The molecule has 1 amide bonds. The quantitative estimate of drug-likeness (QED) is 0.919. The molecule has 124 valence electrons. The van der Waals surface area contributed by atoms with E-state index in [0.717, 1.165) is 37.9 Å². The monoisotopic (exact) mass is 336 g/mol. The van der Waals surface area contributed by atoms with Gasteiger partial charge in [0.2, 0.25) is 5.91 Å². The first kappa shape index (κ1) is 18.8. The number of halogens is 4. The van der Waals surface area contributed by atoms with Gasteiger partial charge in [-0.05, 0) is 37.1 Å². The third-order valence-electron chi connectivity index (χ3n) is 3.66. The standard InChI is InChI=1S/C15H19F3N2O.ClH/c1-20(14(21)13-7-2-3-8-19-13)10-11-5-4-6-12(9-11)15(16,17)18;/h4-6,9,13,19H,2-3,7-8,10H2,1H3;1H. The summed E-state index contributed by atoms with van der Waals surface area (Å²) in [6.45, 7) is 0.995. The molecule has 0 aliphatic carbocycles. The number of nitrogens with zero attached hydrogens (tertiary/aromatic N) is 1. The van der Waals surface area contributed by atoms with Crippen LogP contribution in [0.4, 0.5) is 13.2 Å². The summed E-state index contributed by atoms with van der Waals surface area (Å²) < 4.78 is 38.0. The van der Waals surface area contributed by atoms with Crippen molar-refractivity contribution in [3.8, 4) is 0 Å². The highest BCUT2D eigenvalue weighted by atomic mass is 35.5. The van der Waals surface area contributed by atoms with Crippen molar-refractivity contribution < 1.29 is 18.0 Å². The minimum Gasteiger partial charge on any atom is -0.340 e. The molecule has 1 heterocycles. The van der Waals surface area contributed by atoms with Crippen LogP contribution in [0.5, 0.6) is 0 Å². The van der Waals surface area contributed by atoms with Crippen LogP contribution >= 0.6 is 12.4 Å². The number of hydrogen-bond acceptors (Lipinski definition) is 2. The van der Waals surface area contributed by atoms with Gasteiger partial charge in [0, 0.05) is 13.6 Å². The molecular weight excluding hydrogens is 317 g/mol. The maximum absolute atomic E-state index is 12.7. The van der Waals surface area contributed by atoms with Gasteiger partial charge in [0.25, 0.3) is 0 Å². The Morgan fingerprint density at radius 2 is 2.09 bits per heavy atom. The maximum atomic E-state index is 12.7. The third-order valence-corrected chi connectivity index (χ3v) is 3.66. The summed E-state index contributed by atoms with van der Waals surface area (Å²) in [5.41, 5.74) is -0.201. The summed E-state index contributed by atoms with van der Waals surface area (Å²) >= 11 is 0. The zero-order valence-electron chi connectivity index (χ0n) is 12.3. The number of hydrogen-bond donors (Lipinski definition) is 1. The molecule has 7 heteroatoms. The molecule has 1 N–H and O–H groups in total. The van der Waals surface area contributed by atoms with E-state index in [1.165, 1.54) is 11.0 Å². The van der Waals surface area contributed by atoms with Crippen molar-refractivity contribution in [2.45, 2.75) is 38.0 Å². The molecule has 0 radical (unpaired) electrons. The molecule has 1 atom stereocenters. The van der Waals surface area contributed by atoms with E-state index in [0.29, 0.717) is 5.56 Å². The fraction of sp³-hybridized carbons (Fsp3) is 0.533. The lowest BCUT2D eigenvalue weighted by molar-refractivity contribution is -0.137. The zero-order valence-corrected chi connectivity index (χ0v) is 13.1. The predicted octanol–water partition coefficient (Wildman–Crippen LogP) is 3.23. The minimum atomic E-state index is -4.36. The minimum absolute atomic E-state index is 0. The van der Waals surface area contributed by atoms with E-state index in [-0.39, 0.29) is 30.9 Å². The molecule has 1 saturated heterocycles. The fourth-order valence-corrected chi connectivity index (χ4v) is 2.53. The van der Waals surface area contributed by atoms with Gasteiger partial charge in [-0.2, -0.15) is 13.2 Å². The number of rotatable bonds is 3. The summed E-state index contributed by atoms with van der Waals surface area (Å²) in [6.07, 6.45) is -1.52. The number of alkyl halides is 3. The highest BCUT2D eigenvalue weighted by Gasteiger charge is 2.30. The Balaban J connectivity index is 0.00000242. The van der Waals surface area contributed by atoms with Crippen LogP contribution in [0.1, 0.15) is 30.4 Å². The van der Waals surface area contributed by atoms with Gasteiger partial charge in [-0.3, -0.25) is 4.79 Å². The van der Waals surface area contributed by atoms with Crippen molar-refractivity contribution in [3.63, 3.8) is 0 Å². The van der Waals surface area contributed by atoms with Crippen molar-refractivity contribution in [1.29, 1.82) is 0 Å². The number of nitrogens with one attached hydrogen (secondary N) is 1. The Bertz CT molecular complexity index is 502. The summed E-state index contributed by atoms with van der Waals surface area (Å²) in [5.74, 6) is -0.0629. The van der Waals surface area contributed by atoms with Gasteiger partial charge in [-0.25, -0.2) is 0 Å². The first-order chi connectivity index (χ1) is 9.88. The van der Waals surface area contributed by atoms with Crippen LogP contribution in [0.15, 0.2) is 24.3 Å². The first-order valence-electron chi connectivity index (χ1n) is 7.02. The van der Waals surface area contributed by atoms with E-state index in [9.17, 15) is 18.0 Å². The summed E-state index contributed by atoms with van der Waals surface area (Å²) in [6, 6.07) is 4.89. The number of benzene rings is 1. The van der Waals surface area contributed by atoms with Gasteiger partial charge in [-0.1, -0.05) is 18.6 Å². The number of piperidine rings is 1. The normalized spacial score (nSPS) is 18.5. The second-order valence-corrected chi connectivity index (χ2v) is 5.39. The van der Waals surface area contributed by atoms with Gasteiger partial charge < -0.3 is 10.2 Å². The molecule has 3 nitrogen and oxygen atoms in total. The Morgan fingerprint density at radius 3 is 2.68 bits per heavy atom. The topological polar surface area (TPSA) is 32.3 Å². The van der Waals surface area contributed by atoms with Crippen LogP contribution in [0.25, 0.3) is 0 Å². The molecule has 22 heavy (non-hydrogen) atoms. The molecule has 1 aliphatic heterocycles. The number of likely N-dealkylation sites (N-methyl/N-ethyl adjacent to an activating group) is 1. The molecule has 0 saturated carbocycles. The van der Waals surface area contributed by atoms with E-state index >= 15 is 0 Å². The van der Waals surface area contributed by atoms with E-state index in [1.807, 2.05) is 0 Å². The molecular formula is C15H20ClF3N2O. The molecule has 1 aromatic carbocycles. The predicted molar refractivity (Wildman–Crippen MR) is 80.8 cm³/mol. The molecule has 1 aliphatic rings. The molecule has 0 spiro atoms. The lowest BCUT2D eigenvalue weighted by atomic mass is 10.0. The molecule has 1 aromatic rings. The van der Waals surface area contributed by atoms with Crippen LogP contribution in [0.2, 0.25) is 0 Å².